The molecule has 0 unspecified atom stereocenters. The zero-order valence-electron chi connectivity index (χ0n) is 9.34. The summed E-state index contributed by atoms with van der Waals surface area (Å²) in [5, 5.41) is 18.8. The largest absolute Gasteiger partial charge is 0.507 e. The molecule has 0 heterocycles. The Morgan fingerprint density at radius 1 is 0.789 bits per heavy atom. The number of rotatable bonds is 2. The van der Waals surface area contributed by atoms with E-state index in [4.69, 9.17) is 0 Å². The first-order valence-corrected chi connectivity index (χ1v) is 8.11. The molecular weight excluding hydrogens is 400 g/mol. The first-order chi connectivity index (χ1) is 8.82. The van der Waals surface area contributed by atoms with E-state index in [0.29, 0.717) is 8.95 Å². The maximum absolute atomic E-state index is 12.4. The molecule has 2 rings (SSSR count). The van der Waals surface area contributed by atoms with Gasteiger partial charge in [0, 0.05) is 0 Å². The lowest BCUT2D eigenvalue weighted by atomic mass is 10.3. The molecule has 4 nitrogen and oxygen atoms in total. The maximum atomic E-state index is 12.4. The standard InChI is InChI=1S/C12H8Br2O4S/c13-9-5-7(1-3-11(9)15)19(17,18)8-2-4-12(16)10(14)6-8/h1-6,15-16H. The van der Waals surface area contributed by atoms with Crippen LogP contribution >= 0.6 is 31.9 Å². The summed E-state index contributed by atoms with van der Waals surface area (Å²) in [6, 6.07) is 7.88. The summed E-state index contributed by atoms with van der Waals surface area (Å²) >= 11 is 6.15. The van der Waals surface area contributed by atoms with E-state index in [1.165, 1.54) is 36.4 Å². The lowest BCUT2D eigenvalue weighted by Gasteiger charge is -2.07. The first kappa shape index (κ1) is 14.4. The molecule has 0 fully saturated rings. The molecule has 7 heteroatoms. The van der Waals surface area contributed by atoms with E-state index >= 15 is 0 Å². The topological polar surface area (TPSA) is 74.6 Å². The van der Waals surface area contributed by atoms with E-state index in [9.17, 15) is 18.6 Å². The van der Waals surface area contributed by atoms with Crippen LogP contribution in [0.4, 0.5) is 0 Å². The number of aromatic hydroxyl groups is 2. The van der Waals surface area contributed by atoms with Crippen molar-refractivity contribution in [3.8, 4) is 11.5 Å². The van der Waals surface area contributed by atoms with Crippen molar-refractivity contribution in [2.75, 3.05) is 0 Å². The average molecular weight is 408 g/mol. The van der Waals surface area contributed by atoms with Gasteiger partial charge in [0.15, 0.2) is 0 Å². The molecule has 2 aromatic carbocycles. The quantitative estimate of drug-likeness (QED) is 0.799. The SMILES string of the molecule is O=S(=O)(c1ccc(O)c(Br)c1)c1ccc(O)c(Br)c1. The van der Waals surface area contributed by atoms with Crippen LogP contribution in [-0.4, -0.2) is 18.6 Å². The Morgan fingerprint density at radius 2 is 1.16 bits per heavy atom. The van der Waals surface area contributed by atoms with Crippen molar-refractivity contribution in [3.63, 3.8) is 0 Å². The van der Waals surface area contributed by atoms with Gasteiger partial charge < -0.3 is 10.2 Å². The van der Waals surface area contributed by atoms with Crippen molar-refractivity contribution in [1.29, 1.82) is 0 Å². The third-order valence-electron chi connectivity index (χ3n) is 2.46. The molecular formula is C12H8Br2O4S. The van der Waals surface area contributed by atoms with Crippen molar-refractivity contribution in [2.24, 2.45) is 0 Å². The van der Waals surface area contributed by atoms with Crippen LogP contribution in [0.3, 0.4) is 0 Å². The van der Waals surface area contributed by atoms with Gasteiger partial charge in [-0.25, -0.2) is 8.42 Å². The second kappa shape index (κ2) is 5.15. The van der Waals surface area contributed by atoms with Gasteiger partial charge in [0.1, 0.15) is 11.5 Å². The Labute approximate surface area is 126 Å². The molecule has 0 spiro atoms. The van der Waals surface area contributed by atoms with Gasteiger partial charge in [-0.1, -0.05) is 0 Å². The van der Waals surface area contributed by atoms with Crippen LogP contribution in [0.2, 0.25) is 0 Å². The fourth-order valence-corrected chi connectivity index (χ4v) is 3.82. The van der Waals surface area contributed by atoms with Crippen molar-refractivity contribution in [1.82, 2.24) is 0 Å². The van der Waals surface area contributed by atoms with Crippen molar-refractivity contribution < 1.29 is 18.6 Å². The Bertz CT molecular complexity index is 684. The summed E-state index contributed by atoms with van der Waals surface area (Å²) in [5.41, 5.74) is 0. The molecule has 19 heavy (non-hydrogen) atoms. The highest BCUT2D eigenvalue weighted by molar-refractivity contribution is 9.10. The van der Waals surface area contributed by atoms with Gasteiger partial charge >= 0.3 is 0 Å². The molecule has 2 N–H and O–H groups in total. The summed E-state index contributed by atoms with van der Waals surface area (Å²) < 4.78 is 25.3. The number of sulfone groups is 1. The highest BCUT2D eigenvalue weighted by atomic mass is 79.9. The Balaban J connectivity index is 2.58. The lowest BCUT2D eigenvalue weighted by Crippen LogP contribution is -2.01. The fourth-order valence-electron chi connectivity index (χ4n) is 1.45. The first-order valence-electron chi connectivity index (χ1n) is 5.04. The van der Waals surface area contributed by atoms with E-state index in [0.717, 1.165) is 0 Å². The predicted molar refractivity (Wildman–Crippen MR) is 77.1 cm³/mol. The highest BCUT2D eigenvalue weighted by Crippen LogP contribution is 2.32. The summed E-state index contributed by atoms with van der Waals surface area (Å²) in [6.07, 6.45) is 0. The van der Waals surface area contributed by atoms with Gasteiger partial charge in [-0.2, -0.15) is 0 Å². The summed E-state index contributed by atoms with van der Waals surface area (Å²) in [4.78, 5) is 0.101. The second-order valence-corrected chi connectivity index (χ2v) is 7.39. The van der Waals surface area contributed by atoms with Gasteiger partial charge in [0.2, 0.25) is 9.84 Å². The van der Waals surface area contributed by atoms with E-state index < -0.39 is 9.84 Å². The van der Waals surface area contributed by atoms with Crippen molar-refractivity contribution in [2.45, 2.75) is 9.79 Å². The molecule has 100 valence electrons. The lowest BCUT2D eigenvalue weighted by molar-refractivity contribution is 0.471. The van der Waals surface area contributed by atoms with Crippen LogP contribution in [-0.2, 0) is 9.84 Å². The molecule has 0 aliphatic rings. The highest BCUT2D eigenvalue weighted by Gasteiger charge is 2.19. The van der Waals surface area contributed by atoms with Gasteiger partial charge in [-0.15, -0.1) is 0 Å². The molecule has 0 atom stereocenters. The molecule has 0 amide bonds. The molecule has 2 aromatic rings. The van der Waals surface area contributed by atoms with Crippen LogP contribution in [0, 0.1) is 0 Å². The number of phenols is 2. The second-order valence-electron chi connectivity index (χ2n) is 3.73. The smallest absolute Gasteiger partial charge is 0.206 e. The minimum atomic E-state index is -3.70. The van der Waals surface area contributed by atoms with E-state index in [-0.39, 0.29) is 21.3 Å². The third kappa shape index (κ3) is 2.77. The van der Waals surface area contributed by atoms with E-state index in [2.05, 4.69) is 31.9 Å². The zero-order chi connectivity index (χ0) is 14.2. The number of halogens is 2. The van der Waals surface area contributed by atoms with Crippen LogP contribution in [0.1, 0.15) is 0 Å². The normalized spacial score (nSPS) is 11.5. The van der Waals surface area contributed by atoms with E-state index in [1.807, 2.05) is 0 Å². The average Bonchev–Trinajstić information content (AvgIpc) is 2.35. The molecule has 0 aliphatic carbocycles. The molecule has 0 saturated carbocycles. The van der Waals surface area contributed by atoms with Gasteiger partial charge in [-0.3, -0.25) is 0 Å². The minimum absolute atomic E-state index is 0.0363. The van der Waals surface area contributed by atoms with Gasteiger partial charge in [-0.05, 0) is 68.3 Å². The summed E-state index contributed by atoms with van der Waals surface area (Å²) in [5.74, 6) is -0.0725. The number of hydrogen-bond acceptors (Lipinski definition) is 4. The van der Waals surface area contributed by atoms with Crippen LogP contribution in [0.15, 0.2) is 55.1 Å². The Kier molecular flexibility index (Phi) is 3.89. The van der Waals surface area contributed by atoms with Gasteiger partial charge in [0.25, 0.3) is 0 Å². The van der Waals surface area contributed by atoms with Crippen molar-refractivity contribution >= 4 is 41.7 Å². The number of phenolic OH excluding ortho intramolecular Hbond substituents is 2. The zero-order valence-corrected chi connectivity index (χ0v) is 13.3. The molecule has 0 aliphatic heterocycles. The predicted octanol–water partition coefficient (Wildman–Crippen LogP) is 3.46. The Hall–Kier alpha value is -1.05. The summed E-state index contributed by atoms with van der Waals surface area (Å²) in [6.45, 7) is 0. The third-order valence-corrected chi connectivity index (χ3v) is 5.48. The van der Waals surface area contributed by atoms with Crippen molar-refractivity contribution in [3.05, 3.63) is 45.3 Å². The maximum Gasteiger partial charge on any atom is 0.206 e. The molecule has 0 aromatic heterocycles. The Morgan fingerprint density at radius 3 is 1.47 bits per heavy atom. The molecule has 0 saturated heterocycles. The summed E-state index contributed by atoms with van der Waals surface area (Å²) in [7, 11) is -3.70. The van der Waals surface area contributed by atoms with E-state index in [1.54, 1.807) is 0 Å². The monoisotopic (exact) mass is 406 g/mol. The van der Waals surface area contributed by atoms with Crippen LogP contribution < -0.4 is 0 Å². The minimum Gasteiger partial charge on any atom is -0.507 e. The molecule has 0 radical (unpaired) electrons. The fraction of sp³-hybridized carbons (Fsp3) is 0. The van der Waals surface area contributed by atoms with Crippen LogP contribution in [0.5, 0.6) is 11.5 Å². The number of benzene rings is 2. The number of hydrogen-bond donors (Lipinski definition) is 2. The van der Waals surface area contributed by atoms with Gasteiger partial charge in [0.05, 0.1) is 18.7 Å². The molecule has 0 bridgehead atoms. The van der Waals surface area contributed by atoms with Crippen LogP contribution in [0.25, 0.3) is 0 Å².